The van der Waals surface area contributed by atoms with E-state index in [0.717, 1.165) is 5.69 Å². The molecule has 0 saturated heterocycles. The number of hydrogen-bond acceptors (Lipinski definition) is 4. The second kappa shape index (κ2) is 3.18. The van der Waals surface area contributed by atoms with E-state index >= 15 is 0 Å². The summed E-state index contributed by atoms with van der Waals surface area (Å²) in [4.78, 5) is 11.2. The molecule has 0 aromatic carbocycles. The predicted molar refractivity (Wildman–Crippen MR) is 44.9 cm³/mol. The van der Waals surface area contributed by atoms with E-state index < -0.39 is 0 Å². The number of nitrogens with zero attached hydrogens (tertiary/aromatic N) is 2. The van der Waals surface area contributed by atoms with Crippen molar-refractivity contribution >= 4 is 5.97 Å². The van der Waals surface area contributed by atoms with Crippen LogP contribution in [0.1, 0.15) is 5.69 Å². The molecule has 2 heterocycles. The highest BCUT2D eigenvalue weighted by Gasteiger charge is 2.24. The SMILES string of the molecule is COC(=O)C1Cn2nccc2CN1. The zero-order chi connectivity index (χ0) is 9.26. The molecule has 1 atom stereocenters. The van der Waals surface area contributed by atoms with Gasteiger partial charge in [0, 0.05) is 12.7 Å². The lowest BCUT2D eigenvalue weighted by Crippen LogP contribution is -2.45. The van der Waals surface area contributed by atoms with E-state index in [0.29, 0.717) is 13.1 Å². The molecule has 2 rings (SSSR count). The first-order valence-corrected chi connectivity index (χ1v) is 4.13. The molecule has 1 aliphatic heterocycles. The quantitative estimate of drug-likeness (QED) is 0.595. The van der Waals surface area contributed by atoms with Crippen LogP contribution in [0.4, 0.5) is 0 Å². The fourth-order valence-corrected chi connectivity index (χ4v) is 1.44. The van der Waals surface area contributed by atoms with Crippen LogP contribution < -0.4 is 5.32 Å². The van der Waals surface area contributed by atoms with Crippen molar-refractivity contribution in [3.8, 4) is 0 Å². The van der Waals surface area contributed by atoms with Crippen LogP contribution in [-0.2, 0) is 22.6 Å². The fourth-order valence-electron chi connectivity index (χ4n) is 1.44. The average molecular weight is 181 g/mol. The second-order valence-corrected chi connectivity index (χ2v) is 2.96. The number of carbonyl (C=O) groups excluding carboxylic acids is 1. The van der Waals surface area contributed by atoms with E-state index in [9.17, 15) is 4.79 Å². The molecule has 1 aromatic rings. The van der Waals surface area contributed by atoms with Gasteiger partial charge in [0.15, 0.2) is 0 Å². The molecule has 1 aromatic heterocycles. The van der Waals surface area contributed by atoms with Gasteiger partial charge in [-0.25, -0.2) is 0 Å². The standard InChI is InChI=1S/C8H11N3O2/c1-13-8(12)7-5-11-6(4-9-7)2-3-10-11/h2-3,7,9H,4-5H2,1H3. The Bertz CT molecular complexity index is 321. The lowest BCUT2D eigenvalue weighted by Gasteiger charge is -2.22. The number of nitrogens with one attached hydrogen (secondary N) is 1. The van der Waals surface area contributed by atoms with Gasteiger partial charge >= 0.3 is 5.97 Å². The third-order valence-corrected chi connectivity index (χ3v) is 2.18. The fraction of sp³-hybridized carbons (Fsp3) is 0.500. The highest BCUT2D eigenvalue weighted by molar-refractivity contribution is 5.75. The van der Waals surface area contributed by atoms with Crippen LogP contribution in [0.2, 0.25) is 0 Å². The van der Waals surface area contributed by atoms with E-state index in [1.165, 1.54) is 7.11 Å². The topological polar surface area (TPSA) is 56.2 Å². The van der Waals surface area contributed by atoms with Gasteiger partial charge in [0.25, 0.3) is 0 Å². The Morgan fingerprint density at radius 2 is 2.69 bits per heavy atom. The molecule has 70 valence electrons. The second-order valence-electron chi connectivity index (χ2n) is 2.96. The summed E-state index contributed by atoms with van der Waals surface area (Å²) < 4.78 is 6.46. The normalized spacial score (nSPS) is 20.8. The number of esters is 1. The van der Waals surface area contributed by atoms with Crippen molar-refractivity contribution in [2.75, 3.05) is 7.11 Å². The molecule has 0 amide bonds. The minimum Gasteiger partial charge on any atom is -0.468 e. The Balaban J connectivity index is 2.13. The van der Waals surface area contributed by atoms with Gasteiger partial charge in [0.05, 0.1) is 19.3 Å². The maximum Gasteiger partial charge on any atom is 0.324 e. The Hall–Kier alpha value is -1.36. The Kier molecular flexibility index (Phi) is 2.02. The summed E-state index contributed by atoms with van der Waals surface area (Å²) in [5, 5.41) is 7.17. The Morgan fingerprint density at radius 3 is 3.46 bits per heavy atom. The minimum absolute atomic E-state index is 0.235. The van der Waals surface area contributed by atoms with Crippen LogP contribution >= 0.6 is 0 Å². The van der Waals surface area contributed by atoms with Gasteiger partial charge < -0.3 is 4.74 Å². The van der Waals surface area contributed by atoms with Crippen molar-refractivity contribution < 1.29 is 9.53 Å². The number of aromatic nitrogens is 2. The molecule has 5 heteroatoms. The smallest absolute Gasteiger partial charge is 0.324 e. The van der Waals surface area contributed by atoms with Crippen molar-refractivity contribution in [3.05, 3.63) is 18.0 Å². The number of methoxy groups -OCH3 is 1. The third kappa shape index (κ3) is 1.42. The van der Waals surface area contributed by atoms with E-state index in [4.69, 9.17) is 0 Å². The summed E-state index contributed by atoms with van der Waals surface area (Å²) >= 11 is 0. The lowest BCUT2D eigenvalue weighted by molar-refractivity contribution is -0.143. The Labute approximate surface area is 75.7 Å². The molecule has 0 saturated carbocycles. The van der Waals surface area contributed by atoms with Gasteiger partial charge in [-0.1, -0.05) is 0 Å². The first-order chi connectivity index (χ1) is 6.31. The van der Waals surface area contributed by atoms with Gasteiger partial charge in [-0.05, 0) is 6.07 Å². The maximum absolute atomic E-state index is 11.2. The van der Waals surface area contributed by atoms with Gasteiger partial charge in [0.2, 0.25) is 0 Å². The maximum atomic E-state index is 11.2. The number of carbonyl (C=O) groups is 1. The van der Waals surface area contributed by atoms with Crippen molar-refractivity contribution in [3.63, 3.8) is 0 Å². The summed E-state index contributed by atoms with van der Waals surface area (Å²) in [5.41, 5.74) is 1.10. The van der Waals surface area contributed by atoms with Gasteiger partial charge in [-0.2, -0.15) is 5.10 Å². The largest absolute Gasteiger partial charge is 0.468 e. The van der Waals surface area contributed by atoms with E-state index in [2.05, 4.69) is 15.2 Å². The van der Waals surface area contributed by atoms with E-state index in [-0.39, 0.29) is 12.0 Å². The van der Waals surface area contributed by atoms with E-state index in [1.54, 1.807) is 6.20 Å². The summed E-state index contributed by atoms with van der Waals surface area (Å²) in [7, 11) is 1.39. The van der Waals surface area contributed by atoms with Gasteiger partial charge in [-0.15, -0.1) is 0 Å². The Morgan fingerprint density at radius 1 is 1.85 bits per heavy atom. The molecule has 0 radical (unpaired) electrons. The first-order valence-electron chi connectivity index (χ1n) is 4.13. The number of rotatable bonds is 1. The average Bonchev–Trinajstić information content (AvgIpc) is 2.63. The summed E-state index contributed by atoms with van der Waals surface area (Å²) in [5.74, 6) is -0.235. The molecule has 0 bridgehead atoms. The lowest BCUT2D eigenvalue weighted by atomic mass is 10.2. The number of ether oxygens (including phenoxy) is 1. The monoisotopic (exact) mass is 181 g/mol. The zero-order valence-electron chi connectivity index (χ0n) is 7.36. The number of fused-ring (bicyclic) bond motifs is 1. The molecular formula is C8H11N3O2. The van der Waals surface area contributed by atoms with Gasteiger partial charge in [-0.3, -0.25) is 14.8 Å². The van der Waals surface area contributed by atoms with Crippen LogP contribution in [0.15, 0.2) is 12.3 Å². The highest BCUT2D eigenvalue weighted by atomic mass is 16.5. The highest BCUT2D eigenvalue weighted by Crippen LogP contribution is 2.07. The van der Waals surface area contributed by atoms with Crippen LogP contribution in [0.5, 0.6) is 0 Å². The van der Waals surface area contributed by atoms with Crippen molar-refractivity contribution in [2.24, 2.45) is 0 Å². The molecule has 0 spiro atoms. The van der Waals surface area contributed by atoms with Crippen LogP contribution in [0, 0.1) is 0 Å². The van der Waals surface area contributed by atoms with Crippen LogP contribution in [0.3, 0.4) is 0 Å². The van der Waals surface area contributed by atoms with Crippen molar-refractivity contribution in [1.29, 1.82) is 0 Å². The van der Waals surface area contributed by atoms with Crippen LogP contribution in [-0.4, -0.2) is 28.9 Å². The number of hydrogen-bond donors (Lipinski definition) is 1. The molecule has 0 fully saturated rings. The van der Waals surface area contributed by atoms with Crippen molar-refractivity contribution in [2.45, 2.75) is 19.1 Å². The summed E-state index contributed by atoms with van der Waals surface area (Å²) in [6, 6.07) is 1.66. The van der Waals surface area contributed by atoms with E-state index in [1.807, 2.05) is 10.7 Å². The van der Waals surface area contributed by atoms with Crippen LogP contribution in [0.25, 0.3) is 0 Å². The molecule has 0 aliphatic carbocycles. The molecule has 1 aliphatic rings. The zero-order valence-corrected chi connectivity index (χ0v) is 7.36. The molecular weight excluding hydrogens is 170 g/mol. The summed E-state index contributed by atoms with van der Waals surface area (Å²) in [6.45, 7) is 1.22. The molecule has 5 nitrogen and oxygen atoms in total. The van der Waals surface area contributed by atoms with Crippen molar-refractivity contribution in [1.82, 2.24) is 15.1 Å². The third-order valence-electron chi connectivity index (χ3n) is 2.18. The summed E-state index contributed by atoms with van der Waals surface area (Å²) in [6.07, 6.45) is 1.73. The molecule has 1 N–H and O–H groups in total. The molecule has 1 unspecified atom stereocenters. The predicted octanol–water partition coefficient (Wildman–Crippen LogP) is -0.472. The first kappa shape index (κ1) is 8.25. The molecule has 13 heavy (non-hydrogen) atoms. The minimum atomic E-state index is -0.266. The van der Waals surface area contributed by atoms with Gasteiger partial charge in [0.1, 0.15) is 6.04 Å².